The standard InChI is InChI=1S/C15H15F6NO3/c1-13(2)6-25-12(23)22-11(13)10-8(15(19,20)21)4-7(14(16,17)18)5-9(10)24-3/h4-5,11H,6H2,1-3H3,(H,22,23)/t11-/m1/s1. The minimum atomic E-state index is -5.08. The number of cyclic esters (lactones) is 1. The van der Waals surface area contributed by atoms with Gasteiger partial charge in [0.2, 0.25) is 0 Å². The van der Waals surface area contributed by atoms with Gasteiger partial charge in [0.25, 0.3) is 0 Å². The molecule has 1 aromatic rings. The number of hydrogen-bond acceptors (Lipinski definition) is 3. The molecule has 0 aliphatic carbocycles. The van der Waals surface area contributed by atoms with Gasteiger partial charge in [0.05, 0.1) is 24.3 Å². The van der Waals surface area contributed by atoms with Gasteiger partial charge in [-0.3, -0.25) is 0 Å². The molecule has 1 aliphatic heterocycles. The number of rotatable bonds is 2. The van der Waals surface area contributed by atoms with Gasteiger partial charge in [-0.05, 0) is 12.1 Å². The third-order valence-corrected chi connectivity index (χ3v) is 3.90. The Labute approximate surface area is 139 Å². The number of nitrogens with one attached hydrogen (secondary N) is 1. The van der Waals surface area contributed by atoms with Gasteiger partial charge in [-0.1, -0.05) is 13.8 Å². The maximum atomic E-state index is 13.5. The van der Waals surface area contributed by atoms with Crippen molar-refractivity contribution in [2.45, 2.75) is 32.2 Å². The van der Waals surface area contributed by atoms with Crippen LogP contribution in [0.5, 0.6) is 5.75 Å². The van der Waals surface area contributed by atoms with E-state index < -0.39 is 52.3 Å². The Kier molecular flexibility index (Phi) is 4.60. The number of ether oxygens (including phenoxy) is 2. The first kappa shape index (κ1) is 19.2. The zero-order valence-electron chi connectivity index (χ0n) is 13.4. The highest BCUT2D eigenvalue weighted by Gasteiger charge is 2.47. The Balaban J connectivity index is 2.77. The van der Waals surface area contributed by atoms with Crippen LogP contribution in [0, 0.1) is 5.41 Å². The highest BCUT2D eigenvalue weighted by molar-refractivity contribution is 5.70. The average molecular weight is 371 g/mol. The van der Waals surface area contributed by atoms with Crippen molar-refractivity contribution in [3.63, 3.8) is 0 Å². The van der Waals surface area contributed by atoms with Crippen LogP contribution in [0.1, 0.15) is 36.6 Å². The van der Waals surface area contributed by atoms with Crippen molar-refractivity contribution in [1.82, 2.24) is 5.32 Å². The van der Waals surface area contributed by atoms with E-state index in [2.05, 4.69) is 5.32 Å². The maximum Gasteiger partial charge on any atom is 0.416 e. The van der Waals surface area contributed by atoms with E-state index in [0.29, 0.717) is 6.07 Å². The molecule has 1 amide bonds. The summed E-state index contributed by atoms with van der Waals surface area (Å²) in [6.07, 6.45) is -11.0. The Bertz CT molecular complexity index is 681. The fourth-order valence-corrected chi connectivity index (χ4v) is 2.64. The van der Waals surface area contributed by atoms with Gasteiger partial charge in [0.15, 0.2) is 0 Å². The number of carbonyl (C=O) groups excluding carboxylic acids is 1. The van der Waals surface area contributed by atoms with Crippen LogP contribution in [-0.4, -0.2) is 19.8 Å². The fourth-order valence-electron chi connectivity index (χ4n) is 2.64. The van der Waals surface area contributed by atoms with E-state index in [0.717, 1.165) is 7.11 Å². The number of carbonyl (C=O) groups is 1. The van der Waals surface area contributed by atoms with E-state index in [1.807, 2.05) is 0 Å². The summed E-state index contributed by atoms with van der Waals surface area (Å²) in [7, 11) is 0.966. The molecule has 1 saturated heterocycles. The number of halogens is 6. The summed E-state index contributed by atoms with van der Waals surface area (Å²) < 4.78 is 88.8. The molecule has 0 unspecified atom stereocenters. The number of alkyl halides is 6. The van der Waals surface area contributed by atoms with Crippen LogP contribution >= 0.6 is 0 Å². The molecular weight excluding hydrogens is 356 g/mol. The maximum absolute atomic E-state index is 13.5. The minimum absolute atomic E-state index is 0.0234. The summed E-state index contributed by atoms with van der Waals surface area (Å²) in [6, 6.07) is -0.736. The predicted molar refractivity (Wildman–Crippen MR) is 74.0 cm³/mol. The molecule has 25 heavy (non-hydrogen) atoms. The van der Waals surface area contributed by atoms with Gasteiger partial charge < -0.3 is 14.8 Å². The minimum Gasteiger partial charge on any atom is -0.496 e. The Morgan fingerprint density at radius 2 is 1.76 bits per heavy atom. The van der Waals surface area contributed by atoms with Crippen LogP contribution in [0.15, 0.2) is 12.1 Å². The lowest BCUT2D eigenvalue weighted by molar-refractivity contribution is -0.144. The lowest BCUT2D eigenvalue weighted by atomic mass is 9.78. The molecular formula is C15H15F6NO3. The third-order valence-electron chi connectivity index (χ3n) is 3.90. The second-order valence-electron chi connectivity index (χ2n) is 6.28. The smallest absolute Gasteiger partial charge is 0.416 e. The topological polar surface area (TPSA) is 47.6 Å². The molecule has 1 atom stereocenters. The lowest BCUT2D eigenvalue weighted by Crippen LogP contribution is -2.47. The normalized spacial score (nSPS) is 20.7. The first-order chi connectivity index (χ1) is 11.3. The molecule has 1 fully saturated rings. The fraction of sp³-hybridized carbons (Fsp3) is 0.533. The molecule has 1 N–H and O–H groups in total. The third kappa shape index (κ3) is 3.77. The predicted octanol–water partition coefficient (Wildman–Crippen LogP) is 4.54. The van der Waals surface area contributed by atoms with Crippen LogP contribution in [0.25, 0.3) is 0 Å². The van der Waals surface area contributed by atoms with Gasteiger partial charge in [0, 0.05) is 11.0 Å². The summed E-state index contributed by atoms with van der Waals surface area (Å²) in [6.45, 7) is 2.84. The van der Waals surface area contributed by atoms with Crippen molar-refractivity contribution < 1.29 is 40.6 Å². The van der Waals surface area contributed by atoms with Crippen LogP contribution in [-0.2, 0) is 17.1 Å². The lowest BCUT2D eigenvalue weighted by Gasteiger charge is -2.40. The summed E-state index contributed by atoms with van der Waals surface area (Å²) in [5, 5.41) is 2.25. The Morgan fingerprint density at radius 3 is 2.24 bits per heavy atom. The molecule has 0 aromatic heterocycles. The summed E-state index contributed by atoms with van der Waals surface area (Å²) in [4.78, 5) is 11.5. The van der Waals surface area contributed by atoms with Crippen molar-refractivity contribution >= 4 is 6.09 Å². The van der Waals surface area contributed by atoms with Gasteiger partial charge in [-0.25, -0.2) is 4.79 Å². The quantitative estimate of drug-likeness (QED) is 0.777. The number of amides is 1. The van der Waals surface area contributed by atoms with Crippen molar-refractivity contribution in [3.8, 4) is 5.75 Å². The van der Waals surface area contributed by atoms with Gasteiger partial charge in [0.1, 0.15) is 12.4 Å². The molecule has 0 bridgehead atoms. The second-order valence-corrected chi connectivity index (χ2v) is 6.28. The summed E-state index contributed by atoms with van der Waals surface area (Å²) >= 11 is 0. The first-order valence-corrected chi connectivity index (χ1v) is 7.07. The van der Waals surface area contributed by atoms with Crippen molar-refractivity contribution in [3.05, 3.63) is 28.8 Å². The molecule has 1 aromatic carbocycles. The Morgan fingerprint density at radius 1 is 1.16 bits per heavy atom. The largest absolute Gasteiger partial charge is 0.496 e. The Hall–Kier alpha value is -2.13. The average Bonchev–Trinajstić information content (AvgIpc) is 2.46. The van der Waals surface area contributed by atoms with E-state index in [1.165, 1.54) is 13.8 Å². The van der Waals surface area contributed by atoms with Gasteiger partial charge in [-0.15, -0.1) is 0 Å². The molecule has 0 radical (unpaired) electrons. The van der Waals surface area contributed by atoms with Crippen molar-refractivity contribution in [2.24, 2.45) is 5.41 Å². The number of hydrogen-bond donors (Lipinski definition) is 1. The summed E-state index contributed by atoms with van der Waals surface area (Å²) in [5.74, 6) is -0.609. The molecule has 1 heterocycles. The van der Waals surface area contributed by atoms with E-state index in [4.69, 9.17) is 9.47 Å². The monoisotopic (exact) mass is 371 g/mol. The summed E-state index contributed by atoms with van der Waals surface area (Å²) in [5.41, 5.74) is -4.58. The van der Waals surface area contributed by atoms with E-state index in [-0.39, 0.29) is 12.7 Å². The highest BCUT2D eigenvalue weighted by Crippen LogP contribution is 2.48. The van der Waals surface area contributed by atoms with E-state index in [9.17, 15) is 31.1 Å². The number of methoxy groups -OCH3 is 1. The molecule has 10 heteroatoms. The zero-order valence-corrected chi connectivity index (χ0v) is 13.4. The number of benzene rings is 1. The van der Waals surface area contributed by atoms with Crippen molar-refractivity contribution in [1.29, 1.82) is 0 Å². The first-order valence-electron chi connectivity index (χ1n) is 7.07. The highest BCUT2D eigenvalue weighted by atomic mass is 19.4. The van der Waals surface area contributed by atoms with Gasteiger partial charge >= 0.3 is 18.4 Å². The second kappa shape index (κ2) is 5.99. The SMILES string of the molecule is COc1cc(C(F)(F)F)cc(C(F)(F)F)c1[C@H]1NC(=O)OCC1(C)C. The van der Waals surface area contributed by atoms with E-state index >= 15 is 0 Å². The van der Waals surface area contributed by atoms with Crippen molar-refractivity contribution in [2.75, 3.05) is 13.7 Å². The number of alkyl carbamates (subject to hydrolysis) is 1. The van der Waals surface area contributed by atoms with Crippen LogP contribution < -0.4 is 10.1 Å². The van der Waals surface area contributed by atoms with E-state index in [1.54, 1.807) is 0 Å². The zero-order chi connectivity index (χ0) is 19.2. The molecule has 140 valence electrons. The molecule has 0 spiro atoms. The molecule has 2 rings (SSSR count). The molecule has 4 nitrogen and oxygen atoms in total. The van der Waals surface area contributed by atoms with Crippen LogP contribution in [0.2, 0.25) is 0 Å². The van der Waals surface area contributed by atoms with Crippen LogP contribution in [0.3, 0.4) is 0 Å². The molecule has 0 saturated carbocycles. The van der Waals surface area contributed by atoms with Crippen LogP contribution in [0.4, 0.5) is 31.1 Å². The molecule has 1 aliphatic rings. The van der Waals surface area contributed by atoms with Gasteiger partial charge in [-0.2, -0.15) is 26.3 Å².